The van der Waals surface area contributed by atoms with Gasteiger partial charge < -0.3 is 5.73 Å². The summed E-state index contributed by atoms with van der Waals surface area (Å²) in [6.07, 6.45) is 0.974. The summed E-state index contributed by atoms with van der Waals surface area (Å²) in [7, 11) is 2.11. The first-order chi connectivity index (χ1) is 6.72. The highest BCUT2D eigenvalue weighted by Crippen LogP contribution is 2.27. The Hall–Kier alpha value is -0.570. The van der Waals surface area contributed by atoms with Crippen molar-refractivity contribution < 1.29 is 0 Å². The van der Waals surface area contributed by atoms with Gasteiger partial charge in [0.15, 0.2) is 0 Å². The van der Waals surface area contributed by atoms with Crippen LogP contribution in [0.15, 0.2) is 18.2 Å². The van der Waals surface area contributed by atoms with Crippen molar-refractivity contribution in [2.75, 3.05) is 13.6 Å². The molecule has 1 atom stereocenters. The van der Waals surface area contributed by atoms with Crippen LogP contribution >= 0.6 is 11.6 Å². The van der Waals surface area contributed by atoms with Crippen LogP contribution in [-0.2, 0) is 13.0 Å². The summed E-state index contributed by atoms with van der Waals surface area (Å²) in [5.41, 5.74) is 8.33. The number of rotatable bonds is 1. The monoisotopic (exact) mass is 210 g/mol. The zero-order valence-corrected chi connectivity index (χ0v) is 9.09. The summed E-state index contributed by atoms with van der Waals surface area (Å²) >= 11 is 6.15. The molecule has 1 unspecified atom stereocenters. The van der Waals surface area contributed by atoms with Crippen LogP contribution in [0.2, 0.25) is 5.02 Å². The molecular weight excluding hydrogens is 196 g/mol. The Morgan fingerprint density at radius 3 is 3.07 bits per heavy atom. The highest BCUT2D eigenvalue weighted by molar-refractivity contribution is 6.31. The fraction of sp³-hybridized carbons (Fsp3) is 0.455. The normalized spacial score (nSPS) is 22.1. The lowest BCUT2D eigenvalue weighted by molar-refractivity contribution is 0.221. The Kier molecular flexibility index (Phi) is 2.77. The first kappa shape index (κ1) is 9.97. The van der Waals surface area contributed by atoms with Crippen molar-refractivity contribution in [2.24, 2.45) is 5.73 Å². The lowest BCUT2D eigenvalue weighted by Crippen LogP contribution is -2.42. The molecule has 0 aliphatic carbocycles. The average molecular weight is 211 g/mol. The molecule has 0 fully saturated rings. The molecule has 0 bridgehead atoms. The van der Waals surface area contributed by atoms with Crippen LogP contribution in [0.4, 0.5) is 0 Å². The van der Waals surface area contributed by atoms with E-state index in [4.69, 9.17) is 17.3 Å². The molecule has 2 N–H and O–H groups in total. The molecule has 0 amide bonds. The standard InChI is InChI=1S/C11H15ClN2/c1-14-7-8-3-2-4-11(12)10(8)5-9(14)6-13/h2-4,9H,5-7,13H2,1H3. The molecule has 1 heterocycles. The molecule has 14 heavy (non-hydrogen) atoms. The summed E-state index contributed by atoms with van der Waals surface area (Å²) in [5, 5.41) is 0.883. The molecule has 3 heteroatoms. The van der Waals surface area contributed by atoms with Crippen LogP contribution in [-0.4, -0.2) is 24.5 Å². The minimum atomic E-state index is 0.433. The largest absolute Gasteiger partial charge is 0.329 e. The Balaban J connectivity index is 2.36. The third-order valence-electron chi connectivity index (χ3n) is 2.97. The van der Waals surface area contributed by atoms with Crippen molar-refractivity contribution in [2.45, 2.75) is 19.0 Å². The maximum Gasteiger partial charge on any atom is 0.0441 e. The van der Waals surface area contributed by atoms with E-state index >= 15 is 0 Å². The third kappa shape index (κ3) is 1.65. The average Bonchev–Trinajstić information content (AvgIpc) is 2.17. The molecule has 0 radical (unpaired) electrons. The quantitative estimate of drug-likeness (QED) is 0.764. The summed E-state index contributed by atoms with van der Waals surface area (Å²) in [6, 6.07) is 6.55. The molecule has 1 aromatic carbocycles. The fourth-order valence-corrected chi connectivity index (χ4v) is 2.30. The smallest absolute Gasteiger partial charge is 0.0441 e. The van der Waals surface area contributed by atoms with Gasteiger partial charge in [-0.1, -0.05) is 23.7 Å². The van der Waals surface area contributed by atoms with Crippen LogP contribution in [0.3, 0.4) is 0 Å². The van der Waals surface area contributed by atoms with Crippen LogP contribution < -0.4 is 5.73 Å². The van der Waals surface area contributed by atoms with E-state index in [0.717, 1.165) is 18.0 Å². The number of hydrogen-bond donors (Lipinski definition) is 1. The van der Waals surface area contributed by atoms with Gasteiger partial charge in [0.1, 0.15) is 0 Å². The summed E-state index contributed by atoms with van der Waals surface area (Å²) in [6.45, 7) is 1.65. The van der Waals surface area contributed by atoms with Crippen molar-refractivity contribution in [3.05, 3.63) is 34.3 Å². The predicted octanol–water partition coefficient (Wildman–Crippen LogP) is 1.66. The number of hydrogen-bond acceptors (Lipinski definition) is 2. The number of fused-ring (bicyclic) bond motifs is 1. The van der Waals surface area contributed by atoms with Crippen LogP contribution in [0.5, 0.6) is 0 Å². The first-order valence-corrected chi connectivity index (χ1v) is 5.26. The molecule has 0 saturated carbocycles. The Morgan fingerprint density at radius 1 is 1.57 bits per heavy atom. The van der Waals surface area contributed by atoms with Crippen LogP contribution in [0, 0.1) is 0 Å². The Bertz CT molecular complexity index is 338. The van der Waals surface area contributed by atoms with E-state index in [1.54, 1.807) is 0 Å². The number of benzene rings is 1. The maximum atomic E-state index is 6.15. The van der Waals surface area contributed by atoms with Crippen LogP contribution in [0.1, 0.15) is 11.1 Å². The van der Waals surface area contributed by atoms with E-state index in [0.29, 0.717) is 12.6 Å². The lowest BCUT2D eigenvalue weighted by atomic mass is 9.94. The van der Waals surface area contributed by atoms with Gasteiger partial charge in [0.05, 0.1) is 0 Å². The van der Waals surface area contributed by atoms with Gasteiger partial charge >= 0.3 is 0 Å². The summed E-state index contributed by atoms with van der Waals surface area (Å²) in [5.74, 6) is 0. The van der Waals surface area contributed by atoms with Gasteiger partial charge in [-0.15, -0.1) is 0 Å². The third-order valence-corrected chi connectivity index (χ3v) is 3.32. The van der Waals surface area contributed by atoms with Gasteiger partial charge in [-0.25, -0.2) is 0 Å². The first-order valence-electron chi connectivity index (χ1n) is 4.89. The van der Waals surface area contributed by atoms with Crippen molar-refractivity contribution in [3.63, 3.8) is 0 Å². The highest BCUT2D eigenvalue weighted by Gasteiger charge is 2.23. The minimum absolute atomic E-state index is 0.433. The second kappa shape index (κ2) is 3.89. The zero-order chi connectivity index (χ0) is 10.1. The van der Waals surface area contributed by atoms with Gasteiger partial charge in [-0.05, 0) is 30.7 Å². The molecule has 1 aliphatic rings. The number of likely N-dealkylation sites (N-methyl/N-ethyl adjacent to an activating group) is 1. The van der Waals surface area contributed by atoms with E-state index in [2.05, 4.69) is 18.0 Å². The summed E-state index contributed by atoms with van der Waals surface area (Å²) in [4.78, 5) is 2.29. The topological polar surface area (TPSA) is 29.3 Å². The fourth-order valence-electron chi connectivity index (χ4n) is 2.03. The van der Waals surface area contributed by atoms with Crippen molar-refractivity contribution in [1.29, 1.82) is 0 Å². The molecule has 76 valence electrons. The molecule has 1 aliphatic heterocycles. The van der Waals surface area contributed by atoms with Crippen molar-refractivity contribution >= 4 is 11.6 Å². The van der Waals surface area contributed by atoms with Crippen molar-refractivity contribution in [3.8, 4) is 0 Å². The maximum absolute atomic E-state index is 6.15. The van der Waals surface area contributed by atoms with Gasteiger partial charge in [-0.2, -0.15) is 0 Å². The van der Waals surface area contributed by atoms with E-state index in [9.17, 15) is 0 Å². The highest BCUT2D eigenvalue weighted by atomic mass is 35.5. The second-order valence-electron chi connectivity index (χ2n) is 3.89. The Labute approximate surface area is 89.7 Å². The number of nitrogens with two attached hydrogens (primary N) is 1. The molecule has 0 spiro atoms. The number of nitrogens with zero attached hydrogens (tertiary/aromatic N) is 1. The summed E-state index contributed by atoms with van der Waals surface area (Å²) < 4.78 is 0. The van der Waals surface area contributed by atoms with Gasteiger partial charge in [-0.3, -0.25) is 4.90 Å². The van der Waals surface area contributed by atoms with Crippen LogP contribution in [0.25, 0.3) is 0 Å². The molecular formula is C11H15ClN2. The van der Waals surface area contributed by atoms with E-state index in [-0.39, 0.29) is 0 Å². The van der Waals surface area contributed by atoms with Gasteiger partial charge in [0, 0.05) is 24.2 Å². The Morgan fingerprint density at radius 2 is 2.36 bits per heavy atom. The molecule has 2 nitrogen and oxygen atoms in total. The predicted molar refractivity (Wildman–Crippen MR) is 59.5 cm³/mol. The molecule has 0 saturated heterocycles. The van der Waals surface area contributed by atoms with E-state index in [1.165, 1.54) is 11.1 Å². The second-order valence-corrected chi connectivity index (χ2v) is 4.29. The SMILES string of the molecule is CN1Cc2cccc(Cl)c2CC1CN. The zero-order valence-electron chi connectivity index (χ0n) is 8.33. The molecule has 1 aromatic rings. The molecule has 2 rings (SSSR count). The van der Waals surface area contributed by atoms with E-state index < -0.39 is 0 Å². The minimum Gasteiger partial charge on any atom is -0.329 e. The van der Waals surface area contributed by atoms with E-state index in [1.807, 2.05) is 12.1 Å². The van der Waals surface area contributed by atoms with Gasteiger partial charge in [0.2, 0.25) is 0 Å². The molecule has 0 aromatic heterocycles. The number of halogens is 1. The van der Waals surface area contributed by atoms with Gasteiger partial charge in [0.25, 0.3) is 0 Å². The lowest BCUT2D eigenvalue weighted by Gasteiger charge is -2.33. The van der Waals surface area contributed by atoms with Crippen molar-refractivity contribution in [1.82, 2.24) is 4.90 Å².